The molecular formula is C20H25F2NO5. The van der Waals surface area contributed by atoms with Crippen LogP contribution in [0.4, 0.5) is 13.6 Å². The lowest BCUT2D eigenvalue weighted by atomic mass is 10.2. The van der Waals surface area contributed by atoms with Crippen molar-refractivity contribution in [1.29, 1.82) is 0 Å². The number of hydrogen-bond acceptors (Lipinski definition) is 5. The maximum Gasteiger partial charge on any atom is 0.410 e. The average molecular weight is 397 g/mol. The number of amides is 1. The Morgan fingerprint density at radius 2 is 1.96 bits per heavy atom. The quantitative estimate of drug-likeness (QED) is 0.558. The summed E-state index contributed by atoms with van der Waals surface area (Å²) in [6.45, 7) is 7.36. The zero-order valence-corrected chi connectivity index (χ0v) is 16.4. The molecule has 1 aliphatic rings. The van der Waals surface area contributed by atoms with Crippen LogP contribution in [0.1, 0.15) is 34.1 Å². The first-order valence-corrected chi connectivity index (χ1v) is 9.05. The lowest BCUT2D eigenvalue weighted by Crippen LogP contribution is -2.39. The fourth-order valence-electron chi connectivity index (χ4n) is 2.75. The molecule has 0 spiro atoms. The van der Waals surface area contributed by atoms with E-state index in [1.165, 1.54) is 17.0 Å². The molecule has 1 amide bonds. The summed E-state index contributed by atoms with van der Waals surface area (Å²) in [5, 5.41) is 0. The van der Waals surface area contributed by atoms with Gasteiger partial charge in [0.2, 0.25) is 0 Å². The van der Waals surface area contributed by atoms with Gasteiger partial charge in [-0.1, -0.05) is 6.08 Å². The molecule has 1 aromatic rings. The Morgan fingerprint density at radius 3 is 2.57 bits per heavy atom. The van der Waals surface area contributed by atoms with Gasteiger partial charge in [0.1, 0.15) is 17.5 Å². The number of carbonyl (C=O) groups is 2. The van der Waals surface area contributed by atoms with E-state index >= 15 is 0 Å². The van der Waals surface area contributed by atoms with Gasteiger partial charge in [0, 0.05) is 18.6 Å². The minimum atomic E-state index is -1.02. The molecule has 1 heterocycles. The molecule has 1 saturated heterocycles. The van der Waals surface area contributed by atoms with Crippen molar-refractivity contribution in [2.45, 2.75) is 51.9 Å². The van der Waals surface area contributed by atoms with Crippen LogP contribution in [-0.2, 0) is 14.3 Å². The molecule has 1 aromatic carbocycles. The van der Waals surface area contributed by atoms with E-state index in [1.807, 2.05) is 0 Å². The van der Waals surface area contributed by atoms with Gasteiger partial charge in [0.05, 0.1) is 19.2 Å². The Morgan fingerprint density at radius 1 is 1.25 bits per heavy atom. The van der Waals surface area contributed by atoms with E-state index in [-0.39, 0.29) is 18.9 Å². The Bertz CT molecular complexity index is 745. The van der Waals surface area contributed by atoms with Crippen molar-refractivity contribution in [3.05, 3.63) is 42.0 Å². The van der Waals surface area contributed by atoms with Gasteiger partial charge >= 0.3 is 12.1 Å². The number of esters is 1. The van der Waals surface area contributed by atoms with Crippen molar-refractivity contribution in [2.75, 3.05) is 13.2 Å². The molecule has 0 aliphatic carbocycles. The topological polar surface area (TPSA) is 65.1 Å². The minimum absolute atomic E-state index is 0.156. The van der Waals surface area contributed by atoms with E-state index in [0.29, 0.717) is 6.42 Å². The van der Waals surface area contributed by atoms with Crippen LogP contribution in [0.2, 0.25) is 0 Å². The smallest absolute Gasteiger partial charge is 0.410 e. The van der Waals surface area contributed by atoms with Crippen LogP contribution in [0.5, 0.6) is 5.75 Å². The highest BCUT2D eigenvalue weighted by Crippen LogP contribution is 2.26. The van der Waals surface area contributed by atoms with Crippen LogP contribution in [0, 0.1) is 11.6 Å². The second-order valence-corrected chi connectivity index (χ2v) is 7.36. The van der Waals surface area contributed by atoms with Crippen molar-refractivity contribution in [3.8, 4) is 5.75 Å². The molecule has 6 nitrogen and oxygen atoms in total. The van der Waals surface area contributed by atoms with E-state index in [9.17, 15) is 18.4 Å². The van der Waals surface area contributed by atoms with E-state index < -0.39 is 41.4 Å². The molecule has 0 radical (unpaired) electrons. The van der Waals surface area contributed by atoms with E-state index in [4.69, 9.17) is 14.2 Å². The van der Waals surface area contributed by atoms with Gasteiger partial charge in [-0.25, -0.2) is 18.4 Å². The lowest BCUT2D eigenvalue weighted by molar-refractivity contribution is -0.137. The number of nitrogens with zero attached hydrogens (tertiary/aromatic N) is 1. The fraction of sp³-hybridized carbons (Fsp3) is 0.500. The average Bonchev–Trinajstić information content (AvgIpc) is 2.98. The van der Waals surface area contributed by atoms with Crippen LogP contribution in [0.15, 0.2) is 30.4 Å². The van der Waals surface area contributed by atoms with Gasteiger partial charge < -0.3 is 14.2 Å². The standard InChI is InChI=1S/C20H25F2NO5/c1-5-26-18(24)9-6-13-10-15(12-23(13)19(25)28-20(2,3)4)27-14-7-8-16(21)17(22)11-14/h6-9,11,13,15H,5,10,12H2,1-4H3/b9-6+/t13-,15-/m1/s1. The number of halogens is 2. The van der Waals surface area contributed by atoms with Gasteiger partial charge in [-0.05, 0) is 39.8 Å². The molecule has 0 bridgehead atoms. The number of rotatable bonds is 5. The third-order valence-corrected chi connectivity index (χ3v) is 3.87. The fourth-order valence-corrected chi connectivity index (χ4v) is 2.75. The molecule has 2 rings (SSSR count). The third kappa shape index (κ3) is 6.21. The summed E-state index contributed by atoms with van der Waals surface area (Å²) in [6, 6.07) is 2.78. The van der Waals surface area contributed by atoms with Gasteiger partial charge in [-0.2, -0.15) is 0 Å². The highest BCUT2D eigenvalue weighted by Gasteiger charge is 2.37. The van der Waals surface area contributed by atoms with Crippen LogP contribution >= 0.6 is 0 Å². The predicted octanol–water partition coefficient (Wildman–Crippen LogP) is 3.84. The van der Waals surface area contributed by atoms with Crippen molar-refractivity contribution in [2.24, 2.45) is 0 Å². The highest BCUT2D eigenvalue weighted by atomic mass is 19.2. The van der Waals surface area contributed by atoms with Gasteiger partial charge in [-0.15, -0.1) is 0 Å². The number of likely N-dealkylation sites (tertiary alicyclic amines) is 1. The normalized spacial score (nSPS) is 19.7. The summed E-state index contributed by atoms with van der Waals surface area (Å²) >= 11 is 0. The Kier molecular flexibility index (Phi) is 6.99. The van der Waals surface area contributed by atoms with Crippen molar-refractivity contribution >= 4 is 12.1 Å². The molecule has 0 aromatic heterocycles. The molecule has 0 N–H and O–H groups in total. The van der Waals surface area contributed by atoms with E-state index in [1.54, 1.807) is 33.8 Å². The minimum Gasteiger partial charge on any atom is -0.488 e. The Hall–Kier alpha value is -2.64. The maximum absolute atomic E-state index is 13.4. The largest absolute Gasteiger partial charge is 0.488 e. The second kappa shape index (κ2) is 9.03. The van der Waals surface area contributed by atoms with E-state index in [0.717, 1.165) is 12.1 Å². The van der Waals surface area contributed by atoms with Crippen LogP contribution in [0.3, 0.4) is 0 Å². The molecule has 28 heavy (non-hydrogen) atoms. The Labute approximate surface area is 163 Å². The molecule has 154 valence electrons. The van der Waals surface area contributed by atoms with Crippen LogP contribution in [0.25, 0.3) is 0 Å². The summed E-state index contributed by atoms with van der Waals surface area (Å²) < 4.78 is 42.5. The zero-order valence-electron chi connectivity index (χ0n) is 16.4. The summed E-state index contributed by atoms with van der Waals surface area (Å²) in [7, 11) is 0. The third-order valence-electron chi connectivity index (χ3n) is 3.87. The first kappa shape index (κ1) is 21.7. The Balaban J connectivity index is 2.13. The highest BCUT2D eigenvalue weighted by molar-refractivity contribution is 5.82. The monoisotopic (exact) mass is 397 g/mol. The number of carbonyl (C=O) groups excluding carboxylic acids is 2. The van der Waals surface area contributed by atoms with E-state index in [2.05, 4.69) is 0 Å². The van der Waals surface area contributed by atoms with Crippen molar-refractivity contribution < 1.29 is 32.6 Å². The van der Waals surface area contributed by atoms with Crippen molar-refractivity contribution in [1.82, 2.24) is 4.90 Å². The molecule has 1 fully saturated rings. The number of benzene rings is 1. The van der Waals surface area contributed by atoms with Crippen molar-refractivity contribution in [3.63, 3.8) is 0 Å². The summed E-state index contributed by atoms with van der Waals surface area (Å²) in [4.78, 5) is 25.6. The second-order valence-electron chi connectivity index (χ2n) is 7.36. The summed E-state index contributed by atoms with van der Waals surface area (Å²) in [6.07, 6.45) is 2.13. The molecule has 0 saturated carbocycles. The summed E-state index contributed by atoms with van der Waals surface area (Å²) in [5.41, 5.74) is -0.689. The van der Waals surface area contributed by atoms with Crippen LogP contribution < -0.4 is 4.74 Å². The van der Waals surface area contributed by atoms with Gasteiger partial charge in [0.15, 0.2) is 11.6 Å². The summed E-state index contributed by atoms with van der Waals surface area (Å²) in [5.74, 6) is -2.35. The molecule has 1 aliphatic heterocycles. The SMILES string of the molecule is CCOC(=O)/C=C/[C@@H]1C[C@@H](Oc2ccc(F)c(F)c2)CN1C(=O)OC(C)(C)C. The molecular weight excluding hydrogens is 372 g/mol. The van der Waals surface area contributed by atoms with Crippen LogP contribution in [-0.4, -0.2) is 47.9 Å². The zero-order chi connectivity index (χ0) is 20.9. The lowest BCUT2D eigenvalue weighted by Gasteiger charge is -2.27. The first-order chi connectivity index (χ1) is 13.1. The number of hydrogen-bond donors (Lipinski definition) is 0. The molecule has 0 unspecified atom stereocenters. The molecule has 2 atom stereocenters. The molecule has 8 heteroatoms. The number of ether oxygens (including phenoxy) is 3. The van der Waals surface area contributed by atoms with Gasteiger partial charge in [-0.3, -0.25) is 4.90 Å². The van der Waals surface area contributed by atoms with Gasteiger partial charge in [0.25, 0.3) is 0 Å². The predicted molar refractivity (Wildman–Crippen MR) is 97.9 cm³/mol. The maximum atomic E-state index is 13.4. The first-order valence-electron chi connectivity index (χ1n) is 9.05.